The van der Waals surface area contributed by atoms with E-state index < -0.39 is 12.0 Å². The lowest BCUT2D eigenvalue weighted by atomic mass is 9.84. The highest BCUT2D eigenvalue weighted by Crippen LogP contribution is 2.45. The summed E-state index contributed by atoms with van der Waals surface area (Å²) in [5, 5.41) is 0. The van der Waals surface area contributed by atoms with Crippen LogP contribution in [0.2, 0.25) is 0 Å². The molecule has 1 fully saturated rings. The largest absolute Gasteiger partial charge is 0.447 e. The van der Waals surface area contributed by atoms with E-state index in [-0.39, 0.29) is 23.6 Å². The van der Waals surface area contributed by atoms with E-state index in [9.17, 15) is 13.6 Å². The summed E-state index contributed by atoms with van der Waals surface area (Å²) in [7, 11) is 0. The van der Waals surface area contributed by atoms with E-state index in [2.05, 4.69) is 22.1 Å². The Bertz CT molecular complexity index is 1110. The first-order valence-electron chi connectivity index (χ1n) is 10.5. The Morgan fingerprint density at radius 1 is 1.03 bits per heavy atom. The number of aliphatic imine (C=N–C) groups is 1. The maximum atomic E-state index is 13.0. The Hall–Kier alpha value is -2.87. The van der Waals surface area contributed by atoms with Crippen molar-refractivity contribution in [3.05, 3.63) is 64.5 Å². The molecule has 1 aliphatic carbocycles. The van der Waals surface area contributed by atoms with Crippen LogP contribution in [0, 0.1) is 0 Å². The molecule has 2 aromatic rings. The maximum Gasteiger partial charge on any atom is 0.296 e. The number of nitrogens with zero attached hydrogens (tertiary/aromatic N) is 3. The van der Waals surface area contributed by atoms with Gasteiger partial charge in [-0.15, -0.1) is 0 Å². The molecule has 3 aliphatic heterocycles. The Morgan fingerprint density at radius 3 is 2.61 bits per heavy atom. The van der Waals surface area contributed by atoms with Gasteiger partial charge in [-0.05, 0) is 41.2 Å². The predicted molar refractivity (Wildman–Crippen MR) is 107 cm³/mol. The van der Waals surface area contributed by atoms with Crippen LogP contribution in [0.15, 0.2) is 41.5 Å². The van der Waals surface area contributed by atoms with Crippen LogP contribution in [0.3, 0.4) is 0 Å². The van der Waals surface area contributed by atoms with Gasteiger partial charge >= 0.3 is 0 Å². The zero-order valence-electron chi connectivity index (χ0n) is 16.8. The summed E-state index contributed by atoms with van der Waals surface area (Å²) in [5.74, 6) is -0.347. The van der Waals surface area contributed by atoms with E-state index >= 15 is 0 Å². The average Bonchev–Trinajstić information content (AvgIpc) is 3.42. The lowest BCUT2D eigenvalue weighted by molar-refractivity contribution is -0.130. The van der Waals surface area contributed by atoms with Crippen molar-refractivity contribution in [2.75, 3.05) is 13.1 Å². The first-order chi connectivity index (χ1) is 15.0. The molecule has 8 heteroatoms. The van der Waals surface area contributed by atoms with Gasteiger partial charge in [0.05, 0.1) is 12.2 Å². The normalized spacial score (nSPS) is 25.8. The van der Waals surface area contributed by atoms with E-state index in [0.717, 1.165) is 18.4 Å². The minimum Gasteiger partial charge on any atom is -0.447 e. The zero-order chi connectivity index (χ0) is 21.2. The molecule has 0 radical (unpaired) electrons. The van der Waals surface area contributed by atoms with Crippen LogP contribution in [0.5, 0.6) is 0 Å². The highest BCUT2D eigenvalue weighted by Gasteiger charge is 2.53. The second-order valence-corrected chi connectivity index (χ2v) is 8.76. The third kappa shape index (κ3) is 2.81. The van der Waals surface area contributed by atoms with Gasteiger partial charge in [0.25, 0.3) is 18.4 Å². The monoisotopic (exact) mass is 425 g/mol. The van der Waals surface area contributed by atoms with Crippen molar-refractivity contribution in [1.82, 2.24) is 9.88 Å². The fourth-order valence-corrected chi connectivity index (χ4v) is 5.31. The van der Waals surface area contributed by atoms with Gasteiger partial charge in [-0.2, -0.15) is 4.99 Å². The van der Waals surface area contributed by atoms with E-state index in [0.29, 0.717) is 37.7 Å². The highest BCUT2D eigenvalue weighted by molar-refractivity contribution is 6.02. The van der Waals surface area contributed by atoms with Crippen LogP contribution < -0.4 is 0 Å². The number of hydrogen-bond acceptors (Lipinski definition) is 5. The van der Waals surface area contributed by atoms with Crippen LogP contribution in [-0.2, 0) is 39.3 Å². The molecule has 160 valence electrons. The second-order valence-electron chi connectivity index (χ2n) is 8.76. The highest BCUT2D eigenvalue weighted by atomic mass is 19.3. The molecule has 1 saturated heterocycles. The number of amides is 1. The van der Waals surface area contributed by atoms with Crippen LogP contribution in [0.1, 0.15) is 47.2 Å². The number of halogens is 2. The number of aromatic nitrogens is 1. The molecule has 2 spiro atoms. The summed E-state index contributed by atoms with van der Waals surface area (Å²) in [6.45, 7) is 1.96. The molecule has 31 heavy (non-hydrogen) atoms. The number of piperidine rings is 1. The van der Waals surface area contributed by atoms with Gasteiger partial charge in [-0.3, -0.25) is 9.78 Å². The molecule has 0 saturated carbocycles. The van der Waals surface area contributed by atoms with Gasteiger partial charge in [0.2, 0.25) is 5.60 Å². The van der Waals surface area contributed by atoms with Gasteiger partial charge in [0, 0.05) is 32.1 Å². The molecule has 1 atom stereocenters. The molecule has 4 heterocycles. The minimum absolute atomic E-state index is 0.241. The Labute approximate surface area is 177 Å². The Balaban J connectivity index is 1.17. The first kappa shape index (κ1) is 18.9. The Kier molecular flexibility index (Phi) is 3.99. The van der Waals surface area contributed by atoms with Crippen LogP contribution >= 0.6 is 0 Å². The molecule has 0 N–H and O–H groups in total. The van der Waals surface area contributed by atoms with E-state index in [1.165, 1.54) is 23.4 Å². The summed E-state index contributed by atoms with van der Waals surface area (Å²) < 4.78 is 38.4. The van der Waals surface area contributed by atoms with E-state index in [1.807, 2.05) is 17.0 Å². The van der Waals surface area contributed by atoms with Gasteiger partial charge in [-0.25, -0.2) is 8.78 Å². The zero-order valence-corrected chi connectivity index (χ0v) is 16.8. The molecule has 6 rings (SSSR count). The summed E-state index contributed by atoms with van der Waals surface area (Å²) in [6.07, 6.45) is 0.909. The topological polar surface area (TPSA) is 64.0 Å². The van der Waals surface area contributed by atoms with Crippen LogP contribution in [0.25, 0.3) is 0 Å². The number of rotatable bonds is 1. The first-order valence-corrected chi connectivity index (χ1v) is 10.5. The van der Waals surface area contributed by atoms with Crippen molar-refractivity contribution in [1.29, 1.82) is 0 Å². The molecule has 6 nitrogen and oxygen atoms in total. The van der Waals surface area contributed by atoms with Crippen molar-refractivity contribution >= 4 is 11.9 Å². The van der Waals surface area contributed by atoms with Crippen LogP contribution in [-0.4, -0.2) is 40.5 Å². The Morgan fingerprint density at radius 2 is 1.81 bits per heavy atom. The number of amidine groups is 1. The van der Waals surface area contributed by atoms with Crippen molar-refractivity contribution in [3.8, 4) is 0 Å². The summed E-state index contributed by atoms with van der Waals surface area (Å²) in [5.41, 5.74) is 2.25. The molecule has 1 aromatic heterocycles. The standard InChI is InChI=1S/C23H21F2N3O3/c24-19(25)18-9-15-10-23(11-16(15)12-26-18)20(29)27-21(31-23)28-7-5-22(6-8-28)17-4-2-1-3-14(17)13-30-22/h1-4,9,12,19H,5-8,10-11,13H2. The third-order valence-corrected chi connectivity index (χ3v) is 7.01. The smallest absolute Gasteiger partial charge is 0.296 e. The lowest BCUT2D eigenvalue weighted by Crippen LogP contribution is -2.47. The van der Waals surface area contributed by atoms with Gasteiger partial charge in [0.15, 0.2) is 0 Å². The molecule has 1 unspecified atom stereocenters. The van der Waals surface area contributed by atoms with E-state index in [1.54, 1.807) is 0 Å². The minimum atomic E-state index is -2.64. The molecule has 0 bridgehead atoms. The fraction of sp³-hybridized carbons (Fsp3) is 0.435. The van der Waals surface area contributed by atoms with Gasteiger partial charge in [-0.1, -0.05) is 24.3 Å². The van der Waals surface area contributed by atoms with Crippen molar-refractivity contribution in [3.63, 3.8) is 0 Å². The number of benzene rings is 1. The van der Waals surface area contributed by atoms with Crippen LogP contribution in [0.4, 0.5) is 8.78 Å². The molecule has 1 aromatic carbocycles. The number of carbonyl (C=O) groups is 1. The average molecular weight is 425 g/mol. The number of ether oxygens (including phenoxy) is 2. The number of fused-ring (bicyclic) bond motifs is 3. The summed E-state index contributed by atoms with van der Waals surface area (Å²) in [6, 6.07) is 10.0. The van der Waals surface area contributed by atoms with Gasteiger partial charge in [0.1, 0.15) is 5.69 Å². The number of carbonyl (C=O) groups excluding carboxylic acids is 1. The molecular weight excluding hydrogens is 404 g/mol. The summed E-state index contributed by atoms with van der Waals surface area (Å²) in [4.78, 5) is 22.9. The van der Waals surface area contributed by atoms with Crippen molar-refractivity contribution < 1.29 is 23.0 Å². The fourth-order valence-electron chi connectivity index (χ4n) is 5.31. The molecule has 4 aliphatic rings. The number of likely N-dealkylation sites (tertiary alicyclic amines) is 1. The number of alkyl halides is 2. The number of hydrogen-bond donors (Lipinski definition) is 0. The third-order valence-electron chi connectivity index (χ3n) is 7.01. The SMILES string of the molecule is O=C1N=C(N2CCC3(CC2)OCc2ccccc23)OC12Cc1cnc(C(F)F)cc1C2. The second kappa shape index (κ2) is 6.56. The van der Waals surface area contributed by atoms with Gasteiger partial charge < -0.3 is 14.4 Å². The molecule has 1 amide bonds. The van der Waals surface area contributed by atoms with Crippen molar-refractivity contribution in [2.45, 2.75) is 49.9 Å². The van der Waals surface area contributed by atoms with E-state index in [4.69, 9.17) is 9.47 Å². The maximum absolute atomic E-state index is 13.0. The summed E-state index contributed by atoms with van der Waals surface area (Å²) >= 11 is 0. The molecular formula is C23H21F2N3O3. The predicted octanol–water partition coefficient (Wildman–Crippen LogP) is 3.29. The lowest BCUT2D eigenvalue weighted by Gasteiger charge is -2.39. The van der Waals surface area contributed by atoms with Crippen molar-refractivity contribution in [2.24, 2.45) is 4.99 Å². The number of pyridine rings is 1. The quantitative estimate of drug-likeness (QED) is 0.702.